The fourth-order valence-corrected chi connectivity index (χ4v) is 3.32. The molecule has 1 aromatic heterocycles. The molecule has 0 bridgehead atoms. The number of morpholine rings is 1. The zero-order valence-electron chi connectivity index (χ0n) is 12.3. The monoisotopic (exact) mass is 305 g/mol. The number of thioether (sulfide) groups is 1. The number of carbonyl (C=O) groups is 1. The van der Waals surface area contributed by atoms with Crippen LogP contribution in [0, 0.1) is 6.92 Å². The van der Waals surface area contributed by atoms with Crippen LogP contribution in [0.25, 0.3) is 11.0 Å². The maximum Gasteiger partial charge on any atom is 0.236 e. The lowest BCUT2D eigenvalue weighted by Gasteiger charge is -2.28. The van der Waals surface area contributed by atoms with E-state index in [9.17, 15) is 4.79 Å². The zero-order chi connectivity index (χ0) is 14.8. The van der Waals surface area contributed by atoms with Gasteiger partial charge in [0.1, 0.15) is 0 Å². The number of amides is 1. The maximum absolute atomic E-state index is 12.4. The fourth-order valence-electron chi connectivity index (χ4n) is 2.41. The van der Waals surface area contributed by atoms with Gasteiger partial charge in [-0.1, -0.05) is 17.8 Å². The van der Waals surface area contributed by atoms with Gasteiger partial charge in [0.2, 0.25) is 5.91 Å². The largest absolute Gasteiger partial charge is 0.378 e. The Morgan fingerprint density at radius 2 is 2.19 bits per heavy atom. The Morgan fingerprint density at radius 3 is 2.95 bits per heavy atom. The molecule has 0 spiro atoms. The van der Waals surface area contributed by atoms with Crippen molar-refractivity contribution >= 4 is 28.7 Å². The summed E-state index contributed by atoms with van der Waals surface area (Å²) in [5.74, 6) is 0.153. The number of benzene rings is 1. The summed E-state index contributed by atoms with van der Waals surface area (Å²) in [4.78, 5) is 22.1. The lowest BCUT2D eigenvalue weighted by Crippen LogP contribution is -2.44. The summed E-state index contributed by atoms with van der Waals surface area (Å²) in [6, 6.07) is 6.11. The lowest BCUT2D eigenvalue weighted by atomic mass is 10.2. The molecular weight excluding hydrogens is 286 g/mol. The molecule has 1 aliphatic heterocycles. The summed E-state index contributed by atoms with van der Waals surface area (Å²) in [7, 11) is 0. The lowest BCUT2D eigenvalue weighted by molar-refractivity contribution is -0.134. The van der Waals surface area contributed by atoms with Crippen molar-refractivity contribution in [1.82, 2.24) is 14.9 Å². The number of fused-ring (bicyclic) bond motifs is 1. The molecule has 0 unspecified atom stereocenters. The molecule has 1 fully saturated rings. The minimum absolute atomic E-state index is 0.148. The molecule has 1 aliphatic rings. The van der Waals surface area contributed by atoms with E-state index in [1.165, 1.54) is 17.3 Å². The van der Waals surface area contributed by atoms with Crippen molar-refractivity contribution in [3.8, 4) is 0 Å². The molecule has 2 aromatic rings. The normalized spacial score (nSPS) is 17.1. The van der Waals surface area contributed by atoms with Crippen LogP contribution in [0.4, 0.5) is 0 Å². The highest BCUT2D eigenvalue weighted by molar-refractivity contribution is 8.00. The second-order valence-corrected chi connectivity index (χ2v) is 6.59. The van der Waals surface area contributed by atoms with E-state index < -0.39 is 0 Å². The highest BCUT2D eigenvalue weighted by Crippen LogP contribution is 2.25. The highest BCUT2D eigenvalue weighted by atomic mass is 32.2. The molecule has 21 heavy (non-hydrogen) atoms. The zero-order valence-corrected chi connectivity index (χ0v) is 13.1. The van der Waals surface area contributed by atoms with E-state index in [0.717, 1.165) is 16.2 Å². The molecule has 1 saturated heterocycles. The van der Waals surface area contributed by atoms with Crippen molar-refractivity contribution < 1.29 is 9.53 Å². The van der Waals surface area contributed by atoms with Gasteiger partial charge >= 0.3 is 0 Å². The van der Waals surface area contributed by atoms with E-state index in [2.05, 4.69) is 23.0 Å². The van der Waals surface area contributed by atoms with Crippen molar-refractivity contribution in [2.24, 2.45) is 0 Å². The topological polar surface area (TPSA) is 58.2 Å². The van der Waals surface area contributed by atoms with Gasteiger partial charge in [0, 0.05) is 13.1 Å². The predicted octanol–water partition coefficient (Wildman–Crippen LogP) is 2.21. The van der Waals surface area contributed by atoms with Crippen LogP contribution >= 0.6 is 11.8 Å². The Kier molecular flexibility index (Phi) is 4.17. The Labute approximate surface area is 128 Å². The van der Waals surface area contributed by atoms with Gasteiger partial charge in [-0.2, -0.15) is 0 Å². The summed E-state index contributed by atoms with van der Waals surface area (Å²) in [5.41, 5.74) is 3.15. The van der Waals surface area contributed by atoms with Gasteiger partial charge < -0.3 is 14.6 Å². The SMILES string of the molecule is Cc1ccc2nc(S[C@H](C)C(=O)N3CCOCC3)[nH]c2c1. The number of nitrogens with zero attached hydrogens (tertiary/aromatic N) is 2. The van der Waals surface area contributed by atoms with Gasteiger partial charge in [-0.25, -0.2) is 4.98 Å². The Balaban J connectivity index is 1.70. The van der Waals surface area contributed by atoms with Crippen LogP contribution in [0.15, 0.2) is 23.4 Å². The molecule has 0 saturated carbocycles. The Hall–Kier alpha value is -1.53. The molecule has 1 amide bonds. The predicted molar refractivity (Wildman–Crippen MR) is 83.5 cm³/mol. The second kappa shape index (κ2) is 6.07. The first-order chi connectivity index (χ1) is 10.1. The standard InChI is InChI=1S/C15H19N3O2S/c1-10-3-4-12-13(9-10)17-15(16-12)21-11(2)14(19)18-5-7-20-8-6-18/h3-4,9,11H,5-8H2,1-2H3,(H,16,17)/t11-/m1/s1. The molecule has 3 rings (SSSR count). The number of aromatic nitrogens is 2. The number of aryl methyl sites for hydroxylation is 1. The number of aromatic amines is 1. The van der Waals surface area contributed by atoms with Crippen molar-refractivity contribution in [2.75, 3.05) is 26.3 Å². The van der Waals surface area contributed by atoms with E-state index >= 15 is 0 Å². The number of imidazole rings is 1. The van der Waals surface area contributed by atoms with Crippen LogP contribution in [-0.2, 0) is 9.53 Å². The molecular formula is C15H19N3O2S. The van der Waals surface area contributed by atoms with Gasteiger partial charge in [0.05, 0.1) is 29.5 Å². The van der Waals surface area contributed by atoms with Crippen LogP contribution in [0.2, 0.25) is 0 Å². The molecule has 112 valence electrons. The van der Waals surface area contributed by atoms with E-state index in [-0.39, 0.29) is 11.2 Å². The van der Waals surface area contributed by atoms with Gasteiger partial charge in [-0.3, -0.25) is 4.79 Å². The van der Waals surface area contributed by atoms with Crippen molar-refractivity contribution in [3.63, 3.8) is 0 Å². The highest BCUT2D eigenvalue weighted by Gasteiger charge is 2.24. The molecule has 2 heterocycles. The van der Waals surface area contributed by atoms with Crippen molar-refractivity contribution in [2.45, 2.75) is 24.3 Å². The summed E-state index contributed by atoms with van der Waals surface area (Å²) < 4.78 is 5.28. The number of hydrogen-bond acceptors (Lipinski definition) is 4. The van der Waals surface area contributed by atoms with Crippen LogP contribution in [0.3, 0.4) is 0 Å². The first-order valence-electron chi connectivity index (χ1n) is 7.13. The average Bonchev–Trinajstić information content (AvgIpc) is 2.88. The molecule has 6 heteroatoms. The molecule has 5 nitrogen and oxygen atoms in total. The van der Waals surface area contributed by atoms with Crippen LogP contribution in [-0.4, -0.2) is 52.3 Å². The number of carbonyl (C=O) groups excluding carboxylic acids is 1. The summed E-state index contributed by atoms with van der Waals surface area (Å²) in [6.45, 7) is 6.62. The third-order valence-corrected chi connectivity index (χ3v) is 4.55. The van der Waals surface area contributed by atoms with Gasteiger partial charge in [0.25, 0.3) is 0 Å². The number of hydrogen-bond donors (Lipinski definition) is 1. The Bertz CT molecular complexity index is 649. The van der Waals surface area contributed by atoms with E-state index in [1.807, 2.05) is 24.0 Å². The summed E-state index contributed by atoms with van der Waals surface area (Å²) in [6.07, 6.45) is 0. The average molecular weight is 305 g/mol. The molecule has 0 aliphatic carbocycles. The maximum atomic E-state index is 12.4. The van der Waals surface area contributed by atoms with E-state index in [4.69, 9.17) is 4.74 Å². The quantitative estimate of drug-likeness (QED) is 0.883. The smallest absolute Gasteiger partial charge is 0.236 e. The first-order valence-corrected chi connectivity index (χ1v) is 8.01. The third-order valence-electron chi connectivity index (χ3n) is 3.57. The second-order valence-electron chi connectivity index (χ2n) is 5.26. The molecule has 1 N–H and O–H groups in total. The fraction of sp³-hybridized carbons (Fsp3) is 0.467. The number of H-pyrrole nitrogens is 1. The number of nitrogens with one attached hydrogen (secondary N) is 1. The van der Waals surface area contributed by atoms with Gasteiger partial charge in [0.15, 0.2) is 5.16 Å². The van der Waals surface area contributed by atoms with Gasteiger partial charge in [-0.05, 0) is 31.5 Å². The van der Waals surface area contributed by atoms with E-state index in [0.29, 0.717) is 26.3 Å². The molecule has 1 aromatic carbocycles. The van der Waals surface area contributed by atoms with Crippen LogP contribution < -0.4 is 0 Å². The molecule has 1 atom stereocenters. The minimum atomic E-state index is -0.148. The van der Waals surface area contributed by atoms with Crippen LogP contribution in [0.1, 0.15) is 12.5 Å². The summed E-state index contributed by atoms with van der Waals surface area (Å²) in [5, 5.41) is 0.648. The number of rotatable bonds is 3. The summed E-state index contributed by atoms with van der Waals surface area (Å²) >= 11 is 1.48. The number of ether oxygens (including phenoxy) is 1. The van der Waals surface area contributed by atoms with Crippen molar-refractivity contribution in [1.29, 1.82) is 0 Å². The third kappa shape index (κ3) is 3.22. The Morgan fingerprint density at radius 1 is 1.43 bits per heavy atom. The van der Waals surface area contributed by atoms with E-state index in [1.54, 1.807) is 0 Å². The van der Waals surface area contributed by atoms with Crippen molar-refractivity contribution in [3.05, 3.63) is 23.8 Å². The molecule has 0 radical (unpaired) electrons. The van der Waals surface area contributed by atoms with Crippen LogP contribution in [0.5, 0.6) is 0 Å². The van der Waals surface area contributed by atoms with Gasteiger partial charge in [-0.15, -0.1) is 0 Å². The first kappa shape index (κ1) is 14.4. The minimum Gasteiger partial charge on any atom is -0.378 e.